The summed E-state index contributed by atoms with van der Waals surface area (Å²) in [5.41, 5.74) is -1.02. The van der Waals surface area contributed by atoms with Crippen LogP contribution in [0.3, 0.4) is 0 Å². The molecule has 174 valence electrons. The molecule has 0 radical (unpaired) electrons. The highest BCUT2D eigenvalue weighted by molar-refractivity contribution is 6.32. The number of hydrogen-bond acceptors (Lipinski definition) is 5. The molecule has 7 nitrogen and oxygen atoms in total. The minimum absolute atomic E-state index is 0.142. The zero-order chi connectivity index (χ0) is 23.6. The number of aryl methyl sites for hydroxylation is 1. The number of rotatable bonds is 6. The average molecular weight is 497 g/mol. The van der Waals surface area contributed by atoms with E-state index in [1.165, 1.54) is 30.5 Å². The molecule has 33 heavy (non-hydrogen) atoms. The third-order valence-corrected chi connectivity index (χ3v) is 5.49. The van der Waals surface area contributed by atoms with E-state index in [1.54, 1.807) is 16.9 Å². The first kappa shape index (κ1) is 23.4. The molecule has 0 spiro atoms. The van der Waals surface area contributed by atoms with E-state index in [0.717, 1.165) is 30.5 Å². The van der Waals surface area contributed by atoms with Crippen molar-refractivity contribution in [1.29, 1.82) is 0 Å². The number of aromatic nitrogens is 3. The molecule has 3 heterocycles. The van der Waals surface area contributed by atoms with Gasteiger partial charge in [0.1, 0.15) is 10.9 Å². The van der Waals surface area contributed by atoms with Gasteiger partial charge in [-0.05, 0) is 62.1 Å². The fourth-order valence-corrected chi connectivity index (χ4v) is 3.88. The first-order chi connectivity index (χ1) is 15.7. The number of carbonyl (C=O) groups is 1. The molecular formula is C22H20Cl2F2N4O3. The molecule has 4 rings (SSSR count). The Morgan fingerprint density at radius 2 is 2.03 bits per heavy atom. The van der Waals surface area contributed by atoms with Crippen molar-refractivity contribution in [3.63, 3.8) is 0 Å². The maximum atomic E-state index is 12.8. The van der Waals surface area contributed by atoms with Gasteiger partial charge in [0.2, 0.25) is 0 Å². The van der Waals surface area contributed by atoms with Crippen LogP contribution < -0.4 is 10.1 Å². The van der Waals surface area contributed by atoms with E-state index in [1.807, 2.05) is 6.92 Å². The Labute approximate surface area is 198 Å². The number of alkyl halides is 3. The number of ether oxygens (including phenoxy) is 2. The largest absolute Gasteiger partial charge is 0.487 e. The Kier molecular flexibility index (Phi) is 6.83. The molecule has 11 heteroatoms. The van der Waals surface area contributed by atoms with Crippen molar-refractivity contribution < 1.29 is 23.0 Å². The molecule has 1 fully saturated rings. The van der Waals surface area contributed by atoms with Crippen molar-refractivity contribution in [2.45, 2.75) is 38.0 Å². The second-order valence-corrected chi connectivity index (χ2v) is 8.33. The maximum Gasteiger partial charge on any atom is 0.487 e. The monoisotopic (exact) mass is 496 g/mol. The maximum absolute atomic E-state index is 12.8. The minimum atomic E-state index is -3.82. The second-order valence-electron chi connectivity index (χ2n) is 7.53. The molecule has 1 N–H and O–H groups in total. The highest BCUT2D eigenvalue weighted by Crippen LogP contribution is 2.34. The lowest BCUT2D eigenvalue weighted by Crippen LogP contribution is -2.20. The van der Waals surface area contributed by atoms with Crippen molar-refractivity contribution >= 4 is 34.8 Å². The van der Waals surface area contributed by atoms with Crippen LogP contribution in [-0.4, -0.2) is 32.8 Å². The van der Waals surface area contributed by atoms with Crippen LogP contribution in [0.2, 0.25) is 5.15 Å². The Hall–Kier alpha value is -2.75. The number of pyridine rings is 1. The number of amides is 1. The van der Waals surface area contributed by atoms with E-state index < -0.39 is 11.5 Å². The van der Waals surface area contributed by atoms with Gasteiger partial charge in [0, 0.05) is 35.7 Å². The lowest BCUT2D eigenvalue weighted by Gasteiger charge is -2.25. The molecule has 1 aliphatic heterocycles. The van der Waals surface area contributed by atoms with Gasteiger partial charge in [0.25, 0.3) is 5.91 Å². The number of hydrogen-bond donors (Lipinski definition) is 1. The summed E-state index contributed by atoms with van der Waals surface area (Å²) in [7, 11) is 0. The molecule has 1 atom stereocenters. The molecular weight excluding hydrogens is 477 g/mol. The number of nitrogens with one attached hydrogen (secondary N) is 1. The van der Waals surface area contributed by atoms with Crippen LogP contribution in [0.15, 0.2) is 42.7 Å². The van der Waals surface area contributed by atoms with Crippen LogP contribution in [0.5, 0.6) is 5.75 Å². The topological polar surface area (TPSA) is 78.3 Å². The highest BCUT2D eigenvalue weighted by atomic mass is 35.5. The summed E-state index contributed by atoms with van der Waals surface area (Å²) in [6, 6.07) is 7.01. The minimum Gasteiger partial charge on any atom is -0.420 e. The van der Waals surface area contributed by atoms with Gasteiger partial charge in [-0.1, -0.05) is 11.6 Å². The van der Waals surface area contributed by atoms with Gasteiger partial charge in [0.15, 0.2) is 6.23 Å². The van der Waals surface area contributed by atoms with Crippen molar-refractivity contribution in [1.82, 2.24) is 14.8 Å². The molecule has 1 aliphatic rings. The molecule has 1 amide bonds. The molecule has 0 bridgehead atoms. The van der Waals surface area contributed by atoms with E-state index in [0.29, 0.717) is 17.9 Å². The number of anilines is 1. The molecule has 3 aromatic rings. The summed E-state index contributed by atoms with van der Waals surface area (Å²) in [6.45, 7) is 2.56. The van der Waals surface area contributed by atoms with Crippen molar-refractivity contribution in [2.24, 2.45) is 0 Å². The summed E-state index contributed by atoms with van der Waals surface area (Å²) in [5, 5.41) is 7.38. The second kappa shape index (κ2) is 9.62. The van der Waals surface area contributed by atoms with Gasteiger partial charge in [-0.15, -0.1) is 8.78 Å². The number of benzene rings is 1. The van der Waals surface area contributed by atoms with Gasteiger partial charge in [-0.3, -0.25) is 4.79 Å². The molecule has 1 aromatic carbocycles. The predicted octanol–water partition coefficient (Wildman–Crippen LogP) is 6.03. The SMILES string of the molecule is Cc1cnn(C2CCCCO2)c1-c1cc(C(=O)Nc2ccc(OC(F)(F)Cl)cc2)cnc1Cl. The Balaban J connectivity index is 1.57. The number of nitrogens with zero attached hydrogens (tertiary/aromatic N) is 3. The first-order valence-electron chi connectivity index (χ1n) is 10.2. The molecule has 0 saturated carbocycles. The Bertz CT molecular complexity index is 1140. The Morgan fingerprint density at radius 3 is 2.70 bits per heavy atom. The fraction of sp³-hybridized carbons (Fsp3) is 0.318. The zero-order valence-corrected chi connectivity index (χ0v) is 19.0. The first-order valence-corrected chi connectivity index (χ1v) is 11.0. The van der Waals surface area contributed by atoms with Crippen LogP contribution >= 0.6 is 23.2 Å². The highest BCUT2D eigenvalue weighted by Gasteiger charge is 2.27. The quantitative estimate of drug-likeness (QED) is 0.333. The van der Waals surface area contributed by atoms with Crippen LogP contribution in [-0.2, 0) is 4.74 Å². The van der Waals surface area contributed by atoms with Crippen molar-refractivity contribution in [3.8, 4) is 17.0 Å². The van der Waals surface area contributed by atoms with Crippen LogP contribution in [0.4, 0.5) is 14.5 Å². The molecule has 1 unspecified atom stereocenters. The van der Waals surface area contributed by atoms with E-state index in [2.05, 4.69) is 20.1 Å². The number of carbonyl (C=O) groups excluding carboxylic acids is 1. The molecule has 0 aliphatic carbocycles. The summed E-state index contributed by atoms with van der Waals surface area (Å²) in [6.07, 6.45) is 5.74. The third kappa shape index (κ3) is 5.61. The van der Waals surface area contributed by atoms with Gasteiger partial charge < -0.3 is 14.8 Å². The van der Waals surface area contributed by atoms with Crippen molar-refractivity contribution in [2.75, 3.05) is 11.9 Å². The summed E-state index contributed by atoms with van der Waals surface area (Å²) >= 11 is 11.2. The smallest absolute Gasteiger partial charge is 0.420 e. The van der Waals surface area contributed by atoms with Crippen molar-refractivity contribution in [3.05, 3.63) is 59.0 Å². The third-order valence-electron chi connectivity index (χ3n) is 5.11. The number of halogens is 4. The normalized spacial score (nSPS) is 16.5. The van der Waals surface area contributed by atoms with E-state index in [9.17, 15) is 13.6 Å². The lowest BCUT2D eigenvalue weighted by atomic mass is 10.1. The Morgan fingerprint density at radius 1 is 1.27 bits per heavy atom. The standard InChI is InChI=1S/C22H20Cl2F2N4O3/c1-13-11-28-30(18-4-2-3-9-32-18)19(13)17-10-14(12-27-20(17)23)21(31)29-15-5-7-16(8-6-15)33-22(24,25)26/h5-8,10-12,18H,2-4,9H2,1H3,(H,29,31). The van der Waals surface area contributed by atoms with E-state index in [-0.39, 0.29) is 22.7 Å². The summed E-state index contributed by atoms with van der Waals surface area (Å²) in [5.74, 6) is -0.591. The summed E-state index contributed by atoms with van der Waals surface area (Å²) < 4.78 is 37.4. The van der Waals surface area contributed by atoms with Gasteiger partial charge in [-0.25, -0.2) is 9.67 Å². The average Bonchev–Trinajstić information content (AvgIpc) is 3.16. The van der Waals surface area contributed by atoms with Crippen LogP contribution in [0, 0.1) is 6.92 Å². The van der Waals surface area contributed by atoms with Crippen LogP contribution in [0.25, 0.3) is 11.3 Å². The zero-order valence-electron chi connectivity index (χ0n) is 17.5. The predicted molar refractivity (Wildman–Crippen MR) is 120 cm³/mol. The fourth-order valence-electron chi connectivity index (χ4n) is 3.60. The van der Waals surface area contributed by atoms with Crippen LogP contribution in [0.1, 0.15) is 41.4 Å². The van der Waals surface area contributed by atoms with Gasteiger partial charge >= 0.3 is 5.57 Å². The van der Waals surface area contributed by atoms with Gasteiger partial charge in [-0.2, -0.15) is 5.10 Å². The van der Waals surface area contributed by atoms with E-state index >= 15 is 0 Å². The molecule has 2 aromatic heterocycles. The summed E-state index contributed by atoms with van der Waals surface area (Å²) in [4.78, 5) is 17.0. The van der Waals surface area contributed by atoms with E-state index in [4.69, 9.17) is 27.9 Å². The lowest BCUT2D eigenvalue weighted by molar-refractivity contribution is -0.0964. The van der Waals surface area contributed by atoms with Gasteiger partial charge in [0.05, 0.1) is 17.5 Å². The molecule has 1 saturated heterocycles.